The number of anilines is 2. The standard InChI is InChI=1S/C25H29N13O9/c1-28-21(44)8-2-31-38(3-8)24-32-17(26)11-19(34-24)37(7-30-11)23-16(14(42)10(5-40)46-23)47-25-33-18(27)12-20(35-25)36(6-29-12)22-15(43)13(41)9(4-39)45-22/h2-3,6-7,9-10,13-16,22-23,39-43H,4-5H2,1H3,(H,28,44)(H2,26,32,34)(H2,27,33,35)/t9-,10-,13-,14-,15-,16-,22-,23-/m1/s1. The number of fused-ring (bicyclic) bond motifs is 2. The average molecular weight is 656 g/mol. The molecule has 248 valence electrons. The number of imidazole rings is 2. The Bertz CT molecular complexity index is 1960. The van der Waals surface area contributed by atoms with E-state index in [1.165, 1.54) is 45.9 Å². The van der Waals surface area contributed by atoms with Crippen LogP contribution in [0.2, 0.25) is 0 Å². The lowest BCUT2D eigenvalue weighted by molar-refractivity contribution is -0.0513. The first-order valence-electron chi connectivity index (χ1n) is 14.1. The summed E-state index contributed by atoms with van der Waals surface area (Å²) in [4.78, 5) is 37.8. The number of aliphatic hydroxyl groups is 5. The maximum Gasteiger partial charge on any atom is 0.321 e. The molecule has 0 spiro atoms. The molecule has 1 amide bonds. The van der Waals surface area contributed by atoms with Gasteiger partial charge in [0.2, 0.25) is 0 Å². The normalized spacial score (nSPS) is 27.6. The van der Waals surface area contributed by atoms with Crippen molar-refractivity contribution in [3.05, 3.63) is 30.6 Å². The fraction of sp³-hybridized carbons (Fsp3) is 0.440. The number of nitrogens with one attached hydrogen (secondary N) is 1. The highest BCUT2D eigenvalue weighted by Gasteiger charge is 2.48. The van der Waals surface area contributed by atoms with Gasteiger partial charge in [-0.1, -0.05) is 0 Å². The lowest BCUT2D eigenvalue weighted by Crippen LogP contribution is -2.38. The van der Waals surface area contributed by atoms with E-state index in [1.807, 2.05) is 0 Å². The van der Waals surface area contributed by atoms with E-state index in [2.05, 4.69) is 40.3 Å². The molecule has 7 rings (SSSR count). The second-order valence-corrected chi connectivity index (χ2v) is 10.8. The van der Waals surface area contributed by atoms with Crippen molar-refractivity contribution in [2.75, 3.05) is 31.7 Å². The van der Waals surface area contributed by atoms with Crippen LogP contribution >= 0.6 is 0 Å². The Labute approximate surface area is 262 Å². The third kappa shape index (κ3) is 4.94. The summed E-state index contributed by atoms with van der Waals surface area (Å²) < 4.78 is 21.6. The van der Waals surface area contributed by atoms with Gasteiger partial charge in [0.05, 0.1) is 37.6 Å². The number of nitrogen functional groups attached to an aromatic ring is 2. The van der Waals surface area contributed by atoms with Gasteiger partial charge < -0.3 is 56.5 Å². The molecule has 22 heteroatoms. The van der Waals surface area contributed by atoms with Crippen LogP contribution in [-0.4, -0.2) is 137 Å². The number of hydrogen-bond donors (Lipinski definition) is 8. The Hall–Kier alpha value is -5.10. The zero-order valence-electron chi connectivity index (χ0n) is 24.3. The Morgan fingerprint density at radius 1 is 0.894 bits per heavy atom. The van der Waals surface area contributed by atoms with Crippen LogP contribution < -0.4 is 21.5 Å². The van der Waals surface area contributed by atoms with Crippen molar-refractivity contribution in [1.29, 1.82) is 0 Å². The molecule has 2 fully saturated rings. The topological polar surface area (TPSA) is 315 Å². The smallest absolute Gasteiger partial charge is 0.321 e. The molecule has 10 N–H and O–H groups in total. The molecule has 2 aliphatic rings. The lowest BCUT2D eigenvalue weighted by atomic mass is 10.1. The third-order valence-electron chi connectivity index (χ3n) is 7.94. The van der Waals surface area contributed by atoms with Crippen molar-refractivity contribution in [2.24, 2.45) is 0 Å². The van der Waals surface area contributed by atoms with Crippen molar-refractivity contribution in [1.82, 2.24) is 54.1 Å². The minimum atomic E-state index is -1.43. The van der Waals surface area contributed by atoms with Gasteiger partial charge in [-0.25, -0.2) is 14.6 Å². The van der Waals surface area contributed by atoms with Gasteiger partial charge in [0.1, 0.15) is 36.0 Å². The number of amides is 1. The van der Waals surface area contributed by atoms with E-state index in [0.29, 0.717) is 0 Å². The zero-order chi connectivity index (χ0) is 33.1. The van der Waals surface area contributed by atoms with Crippen LogP contribution in [0.15, 0.2) is 25.0 Å². The van der Waals surface area contributed by atoms with Crippen molar-refractivity contribution < 1.29 is 44.5 Å². The second kappa shape index (κ2) is 11.6. The van der Waals surface area contributed by atoms with E-state index >= 15 is 0 Å². The van der Waals surface area contributed by atoms with E-state index in [4.69, 9.17) is 25.7 Å². The molecule has 0 unspecified atom stereocenters. The molecule has 0 aliphatic carbocycles. The van der Waals surface area contributed by atoms with Gasteiger partial charge in [-0.05, 0) is 0 Å². The number of nitrogens with two attached hydrogens (primary N) is 2. The van der Waals surface area contributed by atoms with Crippen LogP contribution in [0.5, 0.6) is 6.01 Å². The van der Waals surface area contributed by atoms with Gasteiger partial charge in [0.15, 0.2) is 47.0 Å². The highest BCUT2D eigenvalue weighted by molar-refractivity contribution is 5.93. The van der Waals surface area contributed by atoms with Crippen molar-refractivity contribution in [3.8, 4) is 12.0 Å². The molecule has 0 aromatic carbocycles. The summed E-state index contributed by atoms with van der Waals surface area (Å²) in [6.45, 7) is -1.12. The van der Waals surface area contributed by atoms with Gasteiger partial charge in [0.25, 0.3) is 11.9 Å². The fourth-order valence-corrected chi connectivity index (χ4v) is 5.52. The van der Waals surface area contributed by atoms with Crippen molar-refractivity contribution >= 4 is 39.9 Å². The average Bonchev–Trinajstić information content (AvgIpc) is 3.89. The summed E-state index contributed by atoms with van der Waals surface area (Å²) in [6.07, 6.45) is -4.71. The van der Waals surface area contributed by atoms with Gasteiger partial charge in [0, 0.05) is 13.2 Å². The summed E-state index contributed by atoms with van der Waals surface area (Å²) in [5, 5.41) is 58.1. The number of nitrogens with zero attached hydrogens (tertiary/aromatic N) is 10. The largest absolute Gasteiger partial charge is 0.452 e. The number of carbonyl (C=O) groups is 1. The minimum Gasteiger partial charge on any atom is -0.452 e. The van der Waals surface area contributed by atoms with Crippen molar-refractivity contribution in [3.63, 3.8) is 0 Å². The number of aromatic nitrogens is 10. The molecule has 0 saturated carbocycles. The number of rotatable bonds is 8. The molecule has 2 saturated heterocycles. The van der Waals surface area contributed by atoms with E-state index in [-0.39, 0.29) is 57.4 Å². The molecule has 22 nitrogen and oxygen atoms in total. The molecule has 8 atom stereocenters. The zero-order valence-corrected chi connectivity index (χ0v) is 24.3. The van der Waals surface area contributed by atoms with Crippen LogP contribution in [0.1, 0.15) is 22.8 Å². The second-order valence-electron chi connectivity index (χ2n) is 10.8. The van der Waals surface area contributed by atoms with Crippen LogP contribution in [0, 0.1) is 0 Å². The molecular formula is C25H29N13O9. The van der Waals surface area contributed by atoms with E-state index < -0.39 is 62.3 Å². The predicted molar refractivity (Wildman–Crippen MR) is 154 cm³/mol. The van der Waals surface area contributed by atoms with Gasteiger partial charge in [-0.2, -0.15) is 25.0 Å². The number of hydrogen-bond acceptors (Lipinski definition) is 18. The first-order valence-corrected chi connectivity index (χ1v) is 14.1. The Morgan fingerprint density at radius 2 is 1.51 bits per heavy atom. The summed E-state index contributed by atoms with van der Waals surface area (Å²) in [5.74, 6) is -0.508. The Morgan fingerprint density at radius 3 is 2.17 bits per heavy atom. The number of ether oxygens (including phenoxy) is 3. The summed E-state index contributed by atoms with van der Waals surface area (Å²) in [7, 11) is 1.48. The summed E-state index contributed by atoms with van der Waals surface area (Å²) in [6, 6.07) is -0.336. The predicted octanol–water partition coefficient (Wildman–Crippen LogP) is -4.01. The van der Waals surface area contributed by atoms with Crippen LogP contribution in [0.3, 0.4) is 0 Å². The fourth-order valence-electron chi connectivity index (χ4n) is 5.52. The first kappa shape index (κ1) is 30.5. The molecule has 5 aromatic heterocycles. The van der Waals surface area contributed by atoms with Crippen LogP contribution in [0.4, 0.5) is 11.6 Å². The molecule has 7 heterocycles. The van der Waals surface area contributed by atoms with Crippen LogP contribution in [-0.2, 0) is 9.47 Å². The van der Waals surface area contributed by atoms with E-state index in [1.54, 1.807) is 0 Å². The molecular weight excluding hydrogens is 626 g/mol. The molecule has 5 aromatic rings. The Balaban J connectivity index is 1.25. The monoisotopic (exact) mass is 655 g/mol. The highest BCUT2D eigenvalue weighted by Crippen LogP contribution is 2.36. The quantitative estimate of drug-likeness (QED) is 0.0789. The maximum absolute atomic E-state index is 12.0. The minimum absolute atomic E-state index is 0.00122. The summed E-state index contributed by atoms with van der Waals surface area (Å²) in [5.41, 5.74) is 13.1. The Kier molecular flexibility index (Phi) is 7.54. The number of aliphatic hydroxyl groups excluding tert-OH is 5. The SMILES string of the molecule is CNC(=O)c1cnn(-c2nc(N)c3ncn([C@@H]4O[C@H](CO)[C@@H](O)[C@H]4Oc4nc(N)c5ncn([C@@H]6O[C@H](CO)[C@@H](O)[C@H]6O)c5n4)c3n2)c1. The molecule has 2 aliphatic heterocycles. The van der Waals surface area contributed by atoms with Crippen LogP contribution in [0.25, 0.3) is 28.3 Å². The van der Waals surface area contributed by atoms with E-state index in [0.717, 1.165) is 0 Å². The first-order chi connectivity index (χ1) is 22.6. The van der Waals surface area contributed by atoms with Crippen molar-refractivity contribution in [2.45, 2.75) is 49.1 Å². The lowest BCUT2D eigenvalue weighted by Gasteiger charge is -2.22. The summed E-state index contributed by atoms with van der Waals surface area (Å²) >= 11 is 0. The van der Waals surface area contributed by atoms with E-state index in [9.17, 15) is 30.3 Å². The maximum atomic E-state index is 12.0. The van der Waals surface area contributed by atoms with Gasteiger partial charge >= 0.3 is 6.01 Å². The van der Waals surface area contributed by atoms with Gasteiger partial charge in [-0.3, -0.25) is 13.9 Å². The molecule has 0 radical (unpaired) electrons. The van der Waals surface area contributed by atoms with Gasteiger partial charge in [-0.15, -0.1) is 0 Å². The number of carbonyl (C=O) groups excluding carboxylic acids is 1. The molecule has 47 heavy (non-hydrogen) atoms. The highest BCUT2D eigenvalue weighted by atomic mass is 16.6. The third-order valence-corrected chi connectivity index (χ3v) is 7.94. The molecule has 0 bridgehead atoms.